The summed E-state index contributed by atoms with van der Waals surface area (Å²) in [5, 5.41) is 11.8. The van der Waals surface area contributed by atoms with Crippen molar-refractivity contribution in [2.45, 2.75) is 47.8 Å². The van der Waals surface area contributed by atoms with E-state index in [0.717, 1.165) is 51.7 Å². The van der Waals surface area contributed by atoms with Crippen LogP contribution < -0.4 is 14.2 Å². The number of hydrogen-bond donors (Lipinski definition) is 0. The quantitative estimate of drug-likeness (QED) is 0.126. The van der Waals surface area contributed by atoms with Crippen molar-refractivity contribution in [2.24, 2.45) is 5.92 Å². The van der Waals surface area contributed by atoms with E-state index >= 15 is 0 Å². The van der Waals surface area contributed by atoms with Crippen molar-refractivity contribution in [3.8, 4) is 11.5 Å². The summed E-state index contributed by atoms with van der Waals surface area (Å²) in [5.74, 6) is -1.08. The third kappa shape index (κ3) is 8.69. The third-order valence-electron chi connectivity index (χ3n) is 7.74. The Morgan fingerprint density at radius 1 is 1.06 bits per heavy atom. The van der Waals surface area contributed by atoms with Crippen molar-refractivity contribution in [3.63, 3.8) is 0 Å². The predicted molar refractivity (Wildman–Crippen MR) is 177 cm³/mol. The highest BCUT2D eigenvalue weighted by Crippen LogP contribution is 2.39. The zero-order valence-electron chi connectivity index (χ0n) is 26.0. The fraction of sp³-hybridized carbons (Fsp3) is 0.400. The average Bonchev–Trinajstić information content (AvgIpc) is 3.73. The largest absolute Gasteiger partial charge is 0.619 e. The topological polar surface area (TPSA) is 146 Å². The van der Waals surface area contributed by atoms with Crippen molar-refractivity contribution in [1.29, 1.82) is 0 Å². The molecule has 3 aromatic rings. The summed E-state index contributed by atoms with van der Waals surface area (Å²) < 4.78 is 98.1. The molecule has 5 rings (SSSR count). The molecule has 2 aliphatic rings. The number of benzene rings is 2. The van der Waals surface area contributed by atoms with Gasteiger partial charge in [0.05, 0.1) is 22.3 Å². The van der Waals surface area contributed by atoms with Gasteiger partial charge >= 0.3 is 12.6 Å². The van der Waals surface area contributed by atoms with Crippen LogP contribution in [0.5, 0.6) is 11.5 Å². The van der Waals surface area contributed by atoms with Crippen molar-refractivity contribution in [2.75, 3.05) is 32.3 Å². The molecule has 1 aromatic heterocycles. The Balaban J connectivity index is 1.48. The van der Waals surface area contributed by atoms with Gasteiger partial charge in [0.2, 0.25) is 20.0 Å². The minimum absolute atomic E-state index is 0.0143. The van der Waals surface area contributed by atoms with Gasteiger partial charge in [-0.05, 0) is 54.7 Å². The Morgan fingerprint density at radius 2 is 1.73 bits per heavy atom. The molecule has 1 saturated carbocycles. The van der Waals surface area contributed by atoms with E-state index in [2.05, 4.69) is 4.74 Å². The van der Waals surface area contributed by atoms with Crippen LogP contribution in [0, 0.1) is 11.1 Å². The maximum atomic E-state index is 13.8. The highest BCUT2D eigenvalue weighted by atomic mass is 35.5. The number of rotatable bonds is 14. The lowest BCUT2D eigenvalue weighted by molar-refractivity contribution is -0.605. The molecule has 1 aliphatic heterocycles. The van der Waals surface area contributed by atoms with Crippen LogP contribution in [0.25, 0.3) is 0 Å². The van der Waals surface area contributed by atoms with Gasteiger partial charge in [0.15, 0.2) is 23.9 Å². The second-order valence-corrected chi connectivity index (χ2v) is 17.3. The van der Waals surface area contributed by atoms with E-state index in [1.165, 1.54) is 50.5 Å². The maximum absolute atomic E-state index is 13.8. The Bertz CT molecular complexity index is 1910. The monoisotopic (exact) mass is 781 g/mol. The molecule has 1 saturated heterocycles. The number of nitrogens with zero attached hydrogens (tertiary/aromatic N) is 3. The van der Waals surface area contributed by atoms with Gasteiger partial charge in [-0.3, -0.25) is 4.79 Å². The van der Waals surface area contributed by atoms with Crippen molar-refractivity contribution >= 4 is 61.0 Å². The first-order chi connectivity index (χ1) is 23.1. The number of carbonyl (C=O) groups is 1. The lowest BCUT2D eigenvalue weighted by Crippen LogP contribution is -2.43. The first-order valence-corrected chi connectivity index (χ1v) is 19.5. The third-order valence-corrected chi connectivity index (χ3v) is 13.2. The van der Waals surface area contributed by atoms with Crippen LogP contribution in [-0.2, 0) is 36.0 Å². The Labute approximate surface area is 296 Å². The lowest BCUT2D eigenvalue weighted by Gasteiger charge is -2.26. The van der Waals surface area contributed by atoms with Gasteiger partial charge < -0.3 is 19.4 Å². The molecule has 12 nitrogen and oxygen atoms in total. The van der Waals surface area contributed by atoms with E-state index < -0.39 is 44.8 Å². The molecule has 0 spiro atoms. The van der Waals surface area contributed by atoms with Gasteiger partial charge in [-0.25, -0.2) is 21.1 Å². The average molecular weight is 783 g/mol. The number of esters is 1. The number of hydrogen-bond acceptors (Lipinski definition) is 10. The molecule has 0 radical (unpaired) electrons. The SMILES string of the molecule is CN(C)S(=O)(=O)c1cccc(S(=O)(=O)N2CSC[C@H]2C(=O)O[C@@H](Cc2c(Cl)c[n+]([O-])cc2Cl)c2ccc(OC(F)F)c(OCC3CC3)c2)c1. The van der Waals surface area contributed by atoms with Crippen LogP contribution in [-0.4, -0.2) is 76.4 Å². The number of alkyl halides is 2. The number of carbonyl (C=O) groups excluding carboxylic acids is 1. The van der Waals surface area contributed by atoms with E-state index in [-0.39, 0.29) is 73.0 Å². The molecule has 2 aromatic carbocycles. The summed E-state index contributed by atoms with van der Waals surface area (Å²) in [5.41, 5.74) is 0.485. The normalized spacial score (nSPS) is 17.8. The van der Waals surface area contributed by atoms with Crippen molar-refractivity contribution in [1.82, 2.24) is 8.61 Å². The molecular formula is C30H31Cl2F2N3O9S3. The minimum atomic E-state index is -4.41. The molecule has 49 heavy (non-hydrogen) atoms. The van der Waals surface area contributed by atoms with Crippen LogP contribution in [0.2, 0.25) is 10.0 Å². The zero-order chi connectivity index (χ0) is 35.7. The Morgan fingerprint density at radius 3 is 2.37 bits per heavy atom. The lowest BCUT2D eigenvalue weighted by atomic mass is 10.0. The highest BCUT2D eigenvalue weighted by Gasteiger charge is 2.42. The van der Waals surface area contributed by atoms with Gasteiger partial charge in [-0.1, -0.05) is 35.3 Å². The molecule has 0 bridgehead atoms. The van der Waals surface area contributed by atoms with Gasteiger partial charge in [0.1, 0.15) is 22.2 Å². The zero-order valence-corrected chi connectivity index (χ0v) is 30.0. The molecule has 19 heteroatoms. The minimum Gasteiger partial charge on any atom is -0.619 e. The number of aromatic nitrogens is 1. The van der Waals surface area contributed by atoms with E-state index in [1.807, 2.05) is 0 Å². The fourth-order valence-corrected chi connectivity index (χ4v) is 9.66. The molecule has 2 heterocycles. The molecule has 0 amide bonds. The molecule has 2 fully saturated rings. The van der Waals surface area contributed by atoms with Gasteiger partial charge in [0, 0.05) is 31.8 Å². The fourth-order valence-electron chi connectivity index (χ4n) is 4.87. The number of thioether (sulfide) groups is 1. The predicted octanol–water partition coefficient (Wildman–Crippen LogP) is 4.86. The molecule has 0 N–H and O–H groups in total. The van der Waals surface area contributed by atoms with Crippen LogP contribution >= 0.6 is 35.0 Å². The number of sulfonamides is 2. The summed E-state index contributed by atoms with van der Waals surface area (Å²) in [6, 6.07) is 7.47. The van der Waals surface area contributed by atoms with Crippen molar-refractivity contribution in [3.05, 3.63) is 81.2 Å². The van der Waals surface area contributed by atoms with E-state index in [4.69, 9.17) is 32.7 Å². The Kier molecular flexibility index (Phi) is 11.5. The van der Waals surface area contributed by atoms with Crippen LogP contribution in [0.3, 0.4) is 0 Å². The van der Waals surface area contributed by atoms with Crippen LogP contribution in [0.4, 0.5) is 8.78 Å². The van der Waals surface area contributed by atoms with Crippen molar-refractivity contribution < 1.29 is 49.4 Å². The second kappa shape index (κ2) is 15.1. The summed E-state index contributed by atoms with van der Waals surface area (Å²) in [7, 11) is -5.76. The summed E-state index contributed by atoms with van der Waals surface area (Å²) in [6.07, 6.45) is 2.53. The standard InChI is InChI=1S/C30H31Cl2F2N3O9S3/c1-35(2)48(40,41)20-4-3-5-21(11-20)49(42,43)37-17-47-16-25(37)29(38)45-27(12-22-23(31)13-36(39)14-24(22)32)19-8-9-26(46-30(33)34)28(10-19)44-15-18-6-7-18/h3-5,8-11,13-14,18,25,27,30H,6-7,12,15-17H2,1-2H3/t25-,27-/m0/s1. The van der Waals surface area contributed by atoms with E-state index in [0.29, 0.717) is 4.73 Å². The number of pyridine rings is 1. The van der Waals surface area contributed by atoms with Gasteiger partial charge in [-0.2, -0.15) is 17.8 Å². The maximum Gasteiger partial charge on any atom is 0.387 e. The Hall–Kier alpha value is -2.93. The summed E-state index contributed by atoms with van der Waals surface area (Å²) in [4.78, 5) is 13.3. The van der Waals surface area contributed by atoms with Crippen LogP contribution in [0.1, 0.15) is 30.1 Å². The second-order valence-electron chi connectivity index (χ2n) is 11.4. The molecule has 1 aliphatic carbocycles. The summed E-state index contributed by atoms with van der Waals surface area (Å²) in [6.45, 7) is -2.89. The first kappa shape index (κ1) is 37.3. The van der Waals surface area contributed by atoms with Crippen LogP contribution in [0.15, 0.2) is 64.6 Å². The van der Waals surface area contributed by atoms with E-state index in [1.54, 1.807) is 0 Å². The number of ether oxygens (including phenoxy) is 3. The number of halogens is 4. The molecule has 0 unspecified atom stereocenters. The smallest absolute Gasteiger partial charge is 0.387 e. The highest BCUT2D eigenvalue weighted by molar-refractivity contribution is 8.00. The molecule has 266 valence electrons. The van der Waals surface area contributed by atoms with E-state index in [9.17, 15) is 35.6 Å². The van der Waals surface area contributed by atoms with Gasteiger partial charge in [0.25, 0.3) is 0 Å². The first-order valence-electron chi connectivity index (χ1n) is 14.7. The summed E-state index contributed by atoms with van der Waals surface area (Å²) >= 11 is 13.8. The molecular weight excluding hydrogens is 751 g/mol. The van der Waals surface area contributed by atoms with Gasteiger partial charge in [-0.15, -0.1) is 11.8 Å². The molecule has 2 atom stereocenters.